The average molecular weight is 247 g/mol. The molecule has 1 N–H and O–H groups in total. The van der Waals surface area contributed by atoms with E-state index in [-0.39, 0.29) is 5.38 Å². The molecule has 0 fully saturated rings. The van der Waals surface area contributed by atoms with E-state index in [4.69, 9.17) is 23.2 Å². The number of aromatic nitrogens is 2. The van der Waals surface area contributed by atoms with Gasteiger partial charge in [-0.3, -0.25) is 0 Å². The third kappa shape index (κ3) is 2.11. The zero-order valence-electron chi connectivity index (χ0n) is 7.21. The van der Waals surface area contributed by atoms with Crippen LogP contribution in [0.5, 0.6) is 0 Å². The fourth-order valence-corrected chi connectivity index (χ4v) is 2.84. The number of nitrogens with one attached hydrogen (secondary N) is 1. The van der Waals surface area contributed by atoms with Gasteiger partial charge in [0.1, 0.15) is 5.82 Å². The van der Waals surface area contributed by atoms with Crippen LogP contribution in [0.4, 0.5) is 0 Å². The van der Waals surface area contributed by atoms with Crippen molar-refractivity contribution in [1.82, 2.24) is 9.97 Å². The molecule has 5 heteroatoms. The number of nitrogens with zero attached hydrogens (tertiary/aromatic N) is 1. The van der Waals surface area contributed by atoms with Gasteiger partial charge in [0.25, 0.3) is 0 Å². The molecule has 2 rings (SSSR count). The Kier molecular flexibility index (Phi) is 3.11. The molecule has 0 radical (unpaired) electrons. The molecule has 0 bridgehead atoms. The molecular weight excluding hydrogens is 239 g/mol. The average Bonchev–Trinajstić information content (AvgIpc) is 2.75. The predicted molar refractivity (Wildman–Crippen MR) is 60.2 cm³/mol. The lowest BCUT2D eigenvalue weighted by molar-refractivity contribution is 0.868. The van der Waals surface area contributed by atoms with Crippen LogP contribution in [0.15, 0.2) is 23.8 Å². The molecule has 2 nitrogen and oxygen atoms in total. The molecule has 2 aromatic heterocycles. The van der Waals surface area contributed by atoms with Crippen LogP contribution >= 0.6 is 34.5 Å². The Morgan fingerprint density at radius 2 is 2.43 bits per heavy atom. The molecule has 74 valence electrons. The van der Waals surface area contributed by atoms with E-state index >= 15 is 0 Å². The lowest BCUT2D eigenvalue weighted by Gasteiger charge is -2.05. The number of hydrogen-bond donors (Lipinski definition) is 1. The third-order valence-corrected chi connectivity index (χ3v) is 3.83. The number of alkyl halides is 1. The first-order valence-electron chi connectivity index (χ1n) is 4.12. The highest BCUT2D eigenvalue weighted by Crippen LogP contribution is 2.34. The number of imidazole rings is 1. The number of rotatable bonds is 3. The minimum atomic E-state index is -0.103. The molecule has 2 aromatic rings. The van der Waals surface area contributed by atoms with E-state index < -0.39 is 0 Å². The Labute approximate surface area is 95.9 Å². The van der Waals surface area contributed by atoms with E-state index in [1.54, 1.807) is 23.7 Å². The second kappa shape index (κ2) is 4.34. The van der Waals surface area contributed by atoms with Gasteiger partial charge in [0, 0.05) is 23.7 Å². The van der Waals surface area contributed by atoms with Crippen molar-refractivity contribution >= 4 is 34.5 Å². The molecule has 0 spiro atoms. The molecule has 0 aliphatic rings. The molecule has 0 aliphatic heterocycles. The zero-order chi connectivity index (χ0) is 9.97. The van der Waals surface area contributed by atoms with Crippen molar-refractivity contribution < 1.29 is 0 Å². The van der Waals surface area contributed by atoms with Crippen molar-refractivity contribution in [1.29, 1.82) is 0 Å². The topological polar surface area (TPSA) is 28.7 Å². The van der Waals surface area contributed by atoms with Gasteiger partial charge in [0.15, 0.2) is 0 Å². The van der Waals surface area contributed by atoms with Crippen LogP contribution in [0.3, 0.4) is 0 Å². The molecule has 0 saturated carbocycles. The summed E-state index contributed by atoms with van der Waals surface area (Å²) in [6.45, 7) is 0. The van der Waals surface area contributed by atoms with E-state index in [0.717, 1.165) is 15.7 Å². The minimum absolute atomic E-state index is 0.103. The van der Waals surface area contributed by atoms with Gasteiger partial charge < -0.3 is 4.98 Å². The fourth-order valence-electron chi connectivity index (χ4n) is 1.20. The summed E-state index contributed by atoms with van der Waals surface area (Å²) in [5.74, 6) is 0.884. The quantitative estimate of drug-likeness (QED) is 0.824. The molecule has 0 aromatic carbocycles. The molecule has 14 heavy (non-hydrogen) atoms. The number of H-pyrrole nitrogens is 1. The normalized spacial score (nSPS) is 13.0. The van der Waals surface area contributed by atoms with Gasteiger partial charge in [-0.2, -0.15) is 0 Å². The summed E-state index contributed by atoms with van der Waals surface area (Å²) < 4.78 is 0. The van der Waals surface area contributed by atoms with Gasteiger partial charge in [0.2, 0.25) is 0 Å². The Morgan fingerprint density at radius 3 is 3.00 bits per heavy atom. The van der Waals surface area contributed by atoms with E-state index in [1.807, 2.05) is 11.4 Å². The van der Waals surface area contributed by atoms with Crippen molar-refractivity contribution in [2.24, 2.45) is 0 Å². The molecule has 0 amide bonds. The van der Waals surface area contributed by atoms with E-state index in [9.17, 15) is 0 Å². The maximum atomic E-state index is 6.21. The highest BCUT2D eigenvalue weighted by atomic mass is 35.5. The molecule has 2 heterocycles. The van der Waals surface area contributed by atoms with Crippen molar-refractivity contribution in [3.63, 3.8) is 0 Å². The van der Waals surface area contributed by atoms with Crippen LogP contribution in [0.2, 0.25) is 5.02 Å². The minimum Gasteiger partial charge on any atom is -0.349 e. The smallest absolute Gasteiger partial charge is 0.107 e. The second-order valence-corrected chi connectivity index (χ2v) is 4.72. The highest BCUT2D eigenvalue weighted by Gasteiger charge is 2.14. The molecule has 1 atom stereocenters. The summed E-state index contributed by atoms with van der Waals surface area (Å²) >= 11 is 13.8. The third-order valence-electron chi connectivity index (χ3n) is 1.86. The fraction of sp³-hybridized carbons (Fsp3) is 0.222. The highest BCUT2D eigenvalue weighted by molar-refractivity contribution is 7.11. The van der Waals surface area contributed by atoms with Crippen LogP contribution in [0.25, 0.3) is 0 Å². The van der Waals surface area contributed by atoms with E-state index in [2.05, 4.69) is 9.97 Å². The van der Waals surface area contributed by atoms with Crippen LogP contribution in [-0.2, 0) is 6.42 Å². The van der Waals surface area contributed by atoms with E-state index in [1.165, 1.54) is 0 Å². The molecule has 0 saturated heterocycles. The summed E-state index contributed by atoms with van der Waals surface area (Å²) in [6, 6.07) is 1.86. The summed E-state index contributed by atoms with van der Waals surface area (Å²) in [5.41, 5.74) is 0. The second-order valence-electron chi connectivity index (χ2n) is 2.84. The van der Waals surface area contributed by atoms with Gasteiger partial charge in [-0.15, -0.1) is 22.9 Å². The van der Waals surface area contributed by atoms with Gasteiger partial charge in [-0.05, 0) is 11.4 Å². The van der Waals surface area contributed by atoms with E-state index in [0.29, 0.717) is 6.42 Å². The Balaban J connectivity index is 2.10. The summed E-state index contributed by atoms with van der Waals surface area (Å²) in [6.07, 6.45) is 4.18. The first-order chi connectivity index (χ1) is 6.77. The zero-order valence-corrected chi connectivity index (χ0v) is 9.53. The lowest BCUT2D eigenvalue weighted by Crippen LogP contribution is -1.95. The Bertz CT molecular complexity index is 397. The number of hydrogen-bond acceptors (Lipinski definition) is 2. The number of thiophene rings is 1. The van der Waals surface area contributed by atoms with Gasteiger partial charge >= 0.3 is 0 Å². The first kappa shape index (κ1) is 10.0. The van der Waals surface area contributed by atoms with Crippen LogP contribution in [0, 0.1) is 0 Å². The van der Waals surface area contributed by atoms with Gasteiger partial charge in [-0.1, -0.05) is 11.6 Å². The summed E-state index contributed by atoms with van der Waals surface area (Å²) in [4.78, 5) is 8.14. The summed E-state index contributed by atoms with van der Waals surface area (Å²) in [5, 5.41) is 2.57. The van der Waals surface area contributed by atoms with Crippen molar-refractivity contribution in [3.05, 3.63) is 39.6 Å². The number of halogens is 2. The molecule has 1 unspecified atom stereocenters. The molecular formula is C9H8Cl2N2S. The lowest BCUT2D eigenvalue weighted by atomic mass is 10.2. The monoisotopic (exact) mass is 246 g/mol. The van der Waals surface area contributed by atoms with Crippen LogP contribution in [-0.4, -0.2) is 9.97 Å². The largest absolute Gasteiger partial charge is 0.349 e. The first-order valence-corrected chi connectivity index (χ1v) is 5.82. The standard InChI is InChI=1S/C9H8Cl2N2S/c10-6-1-4-14-9(6)7(11)5-8-12-2-3-13-8/h1-4,7H,5H2,(H,12,13). The Morgan fingerprint density at radius 1 is 1.57 bits per heavy atom. The maximum absolute atomic E-state index is 6.21. The SMILES string of the molecule is Clc1ccsc1C(Cl)Cc1ncc[nH]1. The maximum Gasteiger partial charge on any atom is 0.107 e. The number of aromatic amines is 1. The van der Waals surface area contributed by atoms with Crippen molar-refractivity contribution in [2.75, 3.05) is 0 Å². The summed E-state index contributed by atoms with van der Waals surface area (Å²) in [7, 11) is 0. The predicted octanol–water partition coefficient (Wildman–Crippen LogP) is 3.65. The van der Waals surface area contributed by atoms with Gasteiger partial charge in [-0.25, -0.2) is 4.98 Å². The van der Waals surface area contributed by atoms with Crippen molar-refractivity contribution in [3.8, 4) is 0 Å². The Hall–Kier alpha value is -0.510. The van der Waals surface area contributed by atoms with Crippen molar-refractivity contribution in [2.45, 2.75) is 11.8 Å². The van der Waals surface area contributed by atoms with Gasteiger partial charge in [0.05, 0.1) is 10.4 Å². The van der Waals surface area contributed by atoms with Crippen LogP contribution < -0.4 is 0 Å². The van der Waals surface area contributed by atoms with Crippen LogP contribution in [0.1, 0.15) is 16.1 Å². The molecule has 0 aliphatic carbocycles.